The van der Waals surface area contributed by atoms with Crippen LogP contribution in [0.2, 0.25) is 0 Å². The number of amides is 1. The molecule has 0 bridgehead atoms. The number of halogens is 4. The topological polar surface area (TPSA) is 210 Å². The van der Waals surface area contributed by atoms with Gasteiger partial charge in [0.25, 0.3) is 5.91 Å². The monoisotopic (exact) mass is 970 g/mol. The molecular formula is C48H50F4N18O. The van der Waals surface area contributed by atoms with Crippen LogP contribution in [-0.4, -0.2) is 120 Å². The van der Waals surface area contributed by atoms with E-state index in [1.54, 1.807) is 37.1 Å². The molecule has 366 valence electrons. The van der Waals surface area contributed by atoms with Gasteiger partial charge in [-0.05, 0) is 65.8 Å². The van der Waals surface area contributed by atoms with Gasteiger partial charge in [-0.2, -0.15) is 0 Å². The summed E-state index contributed by atoms with van der Waals surface area (Å²) in [7, 11) is 0. The number of nitrogens with zero attached hydrogens (tertiary/aromatic N) is 14. The van der Waals surface area contributed by atoms with Crippen molar-refractivity contribution in [1.29, 1.82) is 0 Å². The molecule has 23 heteroatoms. The number of anilines is 4. The molecule has 2 saturated heterocycles. The number of imidazole rings is 2. The first-order chi connectivity index (χ1) is 34.2. The van der Waals surface area contributed by atoms with Gasteiger partial charge in [-0.15, -0.1) is 0 Å². The standard InChI is InChI=1S/C48H50F4N18O/c1-24(2)69-26(5)60-43-31(49)13-28(15-36(43)69)41-33(51)18-59-47(64-41)62-38-20-55-30(17-57-38)22-67-10-9-54-35(23-67)45-40(52)42(29-14-32(50)44-37(16-29)70(25(3)4)27(6)61-44)65-48(66-45)63-39-21-56-34(19-58-39)46(71)68-11-7-53-8-12-68/h13-21,24-25,35,53-54H,7-12,22-23H2,1-6H3,(H,57,59,62,64)(H,58,63,65,66). The molecule has 0 aliphatic carbocycles. The first-order valence-corrected chi connectivity index (χ1v) is 23.3. The van der Waals surface area contributed by atoms with E-state index >= 15 is 17.6 Å². The van der Waals surface area contributed by atoms with Crippen LogP contribution in [0, 0.1) is 37.1 Å². The highest BCUT2D eigenvalue weighted by molar-refractivity contribution is 5.92. The summed E-state index contributed by atoms with van der Waals surface area (Å²) in [5, 5.41) is 12.6. The zero-order chi connectivity index (χ0) is 49.7. The van der Waals surface area contributed by atoms with E-state index < -0.39 is 29.3 Å². The van der Waals surface area contributed by atoms with Crippen molar-refractivity contribution in [2.24, 2.45) is 0 Å². The molecule has 0 spiro atoms. The smallest absolute Gasteiger partial charge is 0.274 e. The van der Waals surface area contributed by atoms with Gasteiger partial charge in [-0.3, -0.25) is 14.7 Å². The Balaban J connectivity index is 0.892. The van der Waals surface area contributed by atoms with Gasteiger partial charge < -0.3 is 35.3 Å². The molecule has 19 nitrogen and oxygen atoms in total. The summed E-state index contributed by atoms with van der Waals surface area (Å²) in [5.74, 6) is -1.19. The fraction of sp³-hybridized carbons (Fsp3) is 0.354. The second-order valence-electron chi connectivity index (χ2n) is 18.1. The predicted molar refractivity (Wildman–Crippen MR) is 257 cm³/mol. The fourth-order valence-electron chi connectivity index (χ4n) is 9.32. The van der Waals surface area contributed by atoms with E-state index in [0.29, 0.717) is 80.7 Å². The van der Waals surface area contributed by atoms with Crippen molar-refractivity contribution in [2.75, 3.05) is 56.4 Å². The Labute approximate surface area is 404 Å². The van der Waals surface area contributed by atoms with Gasteiger partial charge in [0, 0.05) is 75.6 Å². The number of hydrogen-bond acceptors (Lipinski definition) is 16. The maximum absolute atomic E-state index is 17.1. The number of fused-ring (bicyclic) bond motifs is 2. The van der Waals surface area contributed by atoms with Gasteiger partial charge in [-0.1, -0.05) is 0 Å². The van der Waals surface area contributed by atoms with E-state index in [9.17, 15) is 4.79 Å². The van der Waals surface area contributed by atoms with E-state index in [1.807, 2.05) is 36.8 Å². The van der Waals surface area contributed by atoms with E-state index in [1.165, 1.54) is 30.7 Å². The quantitative estimate of drug-likeness (QED) is 0.0919. The summed E-state index contributed by atoms with van der Waals surface area (Å²) in [6, 6.07) is 5.05. The van der Waals surface area contributed by atoms with Crippen LogP contribution in [0.4, 0.5) is 41.1 Å². The number of rotatable bonds is 12. The maximum atomic E-state index is 17.1. The molecule has 2 aliphatic heterocycles. The minimum absolute atomic E-state index is 0.0109. The summed E-state index contributed by atoms with van der Waals surface area (Å²) in [6.45, 7) is 15.6. The summed E-state index contributed by atoms with van der Waals surface area (Å²) in [6.07, 6.45) is 6.83. The number of carbonyl (C=O) groups is 1. The molecule has 8 aromatic rings. The Morgan fingerprint density at radius 1 is 0.662 bits per heavy atom. The maximum Gasteiger partial charge on any atom is 0.274 e. The Morgan fingerprint density at radius 2 is 1.27 bits per heavy atom. The molecule has 0 radical (unpaired) electrons. The largest absolute Gasteiger partial charge is 0.335 e. The number of carbonyl (C=O) groups excluding carboxylic acids is 1. The number of nitrogens with one attached hydrogen (secondary N) is 4. The fourth-order valence-corrected chi connectivity index (χ4v) is 9.32. The molecule has 71 heavy (non-hydrogen) atoms. The lowest BCUT2D eigenvalue weighted by atomic mass is 10.0. The van der Waals surface area contributed by atoms with E-state index in [-0.39, 0.29) is 86.5 Å². The third-order valence-corrected chi connectivity index (χ3v) is 12.5. The van der Waals surface area contributed by atoms with Crippen molar-refractivity contribution < 1.29 is 22.4 Å². The molecule has 6 aromatic heterocycles. The van der Waals surface area contributed by atoms with Crippen molar-refractivity contribution in [2.45, 2.75) is 66.2 Å². The third kappa shape index (κ3) is 9.42. The average Bonchev–Trinajstić information content (AvgIpc) is 3.89. The molecule has 1 unspecified atom stereocenters. The van der Waals surface area contributed by atoms with Crippen molar-refractivity contribution in [3.63, 3.8) is 0 Å². The zero-order valence-corrected chi connectivity index (χ0v) is 39.8. The Bertz CT molecular complexity index is 3300. The van der Waals surface area contributed by atoms with Crippen molar-refractivity contribution in [1.82, 2.24) is 79.4 Å². The number of aromatic nitrogens is 12. The first kappa shape index (κ1) is 47.1. The lowest BCUT2D eigenvalue weighted by Gasteiger charge is -2.33. The van der Waals surface area contributed by atoms with E-state index in [0.717, 1.165) is 6.20 Å². The molecule has 10 rings (SSSR count). The molecule has 4 N–H and O–H groups in total. The van der Waals surface area contributed by atoms with Crippen LogP contribution in [0.1, 0.15) is 79.3 Å². The first-order valence-electron chi connectivity index (χ1n) is 23.3. The molecule has 1 amide bonds. The number of aryl methyl sites for hydroxylation is 2. The van der Waals surface area contributed by atoms with Gasteiger partial charge in [0.15, 0.2) is 34.9 Å². The van der Waals surface area contributed by atoms with Crippen molar-refractivity contribution >= 4 is 51.5 Å². The lowest BCUT2D eigenvalue weighted by molar-refractivity contribution is 0.0729. The van der Waals surface area contributed by atoms with Crippen LogP contribution in [0.3, 0.4) is 0 Å². The van der Waals surface area contributed by atoms with Gasteiger partial charge >= 0.3 is 0 Å². The number of hydrogen-bond donors (Lipinski definition) is 4. The average molecular weight is 971 g/mol. The Hall–Kier alpha value is -7.63. The second-order valence-corrected chi connectivity index (χ2v) is 18.1. The molecule has 2 aliphatic rings. The van der Waals surface area contributed by atoms with Crippen LogP contribution in [0.25, 0.3) is 44.6 Å². The molecule has 2 fully saturated rings. The molecular weight excluding hydrogens is 921 g/mol. The van der Waals surface area contributed by atoms with Crippen LogP contribution < -0.4 is 21.3 Å². The van der Waals surface area contributed by atoms with Crippen molar-refractivity contribution in [3.8, 4) is 22.5 Å². The minimum Gasteiger partial charge on any atom is -0.335 e. The minimum atomic E-state index is -0.742. The number of piperazine rings is 2. The summed E-state index contributed by atoms with van der Waals surface area (Å²) in [5.41, 5.74) is 2.35. The van der Waals surface area contributed by atoms with Gasteiger partial charge in [-0.25, -0.2) is 62.4 Å². The molecule has 2 aromatic carbocycles. The van der Waals surface area contributed by atoms with E-state index in [2.05, 4.69) is 76.0 Å². The highest BCUT2D eigenvalue weighted by atomic mass is 19.1. The summed E-state index contributed by atoms with van der Waals surface area (Å²) < 4.78 is 67.2. The van der Waals surface area contributed by atoms with Gasteiger partial charge in [0.05, 0.1) is 53.8 Å². The zero-order valence-electron chi connectivity index (χ0n) is 39.8. The predicted octanol–water partition coefficient (Wildman–Crippen LogP) is 6.89. The highest BCUT2D eigenvalue weighted by Gasteiger charge is 2.30. The Kier molecular flexibility index (Phi) is 12.8. The highest BCUT2D eigenvalue weighted by Crippen LogP contribution is 2.34. The Morgan fingerprint density at radius 3 is 1.87 bits per heavy atom. The molecule has 8 heterocycles. The van der Waals surface area contributed by atoms with Gasteiger partial charge in [0.1, 0.15) is 45.5 Å². The van der Waals surface area contributed by atoms with Crippen molar-refractivity contribution in [3.05, 3.63) is 107 Å². The molecule has 0 saturated carbocycles. The van der Waals surface area contributed by atoms with Crippen LogP contribution >= 0.6 is 0 Å². The second kappa shape index (κ2) is 19.3. The summed E-state index contributed by atoms with van der Waals surface area (Å²) in [4.78, 5) is 61.2. The third-order valence-electron chi connectivity index (χ3n) is 12.5. The van der Waals surface area contributed by atoms with Crippen LogP contribution in [0.15, 0.2) is 55.2 Å². The van der Waals surface area contributed by atoms with Crippen LogP contribution in [0.5, 0.6) is 0 Å². The summed E-state index contributed by atoms with van der Waals surface area (Å²) >= 11 is 0. The molecule has 1 atom stereocenters. The number of benzene rings is 2. The normalized spacial score (nSPS) is 15.7. The van der Waals surface area contributed by atoms with Crippen LogP contribution in [-0.2, 0) is 6.54 Å². The SMILES string of the molecule is Cc1nc2c(F)cc(-c3nc(Nc4cnc(CN5CCNC(c6nc(Nc7cnc(C(=O)N8CCNCC8)cn7)nc(-c7cc(F)c8nc(C)n(C(C)C)c8c7)c6F)C5)cn4)ncc3F)cc2n1C(C)C. The lowest BCUT2D eigenvalue weighted by Crippen LogP contribution is -2.46. The van der Waals surface area contributed by atoms with Gasteiger partial charge in [0.2, 0.25) is 11.9 Å². The van der Waals surface area contributed by atoms with E-state index in [4.69, 9.17) is 0 Å².